The van der Waals surface area contributed by atoms with E-state index in [1.165, 1.54) is 12.1 Å². The van der Waals surface area contributed by atoms with Gasteiger partial charge in [-0.2, -0.15) is 13.2 Å². The molecule has 1 fully saturated rings. The fraction of sp³-hybridized carbons (Fsp3) is 0.462. The summed E-state index contributed by atoms with van der Waals surface area (Å²) in [7, 11) is 0. The van der Waals surface area contributed by atoms with Gasteiger partial charge in [-0.25, -0.2) is 0 Å². The molecular formula is C13H14F3NO2. The third kappa shape index (κ3) is 3.70. The number of alkyl halides is 3. The van der Waals surface area contributed by atoms with Gasteiger partial charge in [-0.15, -0.1) is 0 Å². The number of nitrogens with one attached hydrogen (secondary N) is 1. The first-order valence-electron chi connectivity index (χ1n) is 6.01. The molecule has 0 bridgehead atoms. The number of rotatable bonds is 4. The average Bonchev–Trinajstić information content (AvgIpc) is 3.19. The highest BCUT2D eigenvalue weighted by Crippen LogP contribution is 2.30. The van der Waals surface area contributed by atoms with Crippen LogP contribution in [0.25, 0.3) is 0 Å². The van der Waals surface area contributed by atoms with Crippen LogP contribution >= 0.6 is 0 Å². The summed E-state index contributed by atoms with van der Waals surface area (Å²) in [6.07, 6.45) is -3.65. The lowest BCUT2D eigenvalue weighted by molar-refractivity contribution is -0.137. The molecule has 0 saturated heterocycles. The lowest BCUT2D eigenvalue weighted by Crippen LogP contribution is -2.29. The molecule has 1 aromatic carbocycles. The third-order valence-electron chi connectivity index (χ3n) is 3.04. The van der Waals surface area contributed by atoms with Crippen LogP contribution in [0.4, 0.5) is 13.2 Å². The second-order valence-electron chi connectivity index (χ2n) is 4.65. The second kappa shape index (κ2) is 5.21. The molecule has 0 radical (unpaired) electrons. The zero-order valence-corrected chi connectivity index (χ0v) is 10.1. The van der Waals surface area contributed by atoms with Crippen molar-refractivity contribution in [2.75, 3.05) is 6.54 Å². The van der Waals surface area contributed by atoms with Gasteiger partial charge in [0.1, 0.15) is 0 Å². The number of benzene rings is 1. The van der Waals surface area contributed by atoms with Crippen LogP contribution in [-0.2, 0) is 11.0 Å². The molecule has 6 heteroatoms. The zero-order valence-electron chi connectivity index (χ0n) is 10.1. The zero-order chi connectivity index (χ0) is 14.0. The first kappa shape index (κ1) is 13.9. The second-order valence-corrected chi connectivity index (χ2v) is 4.65. The van der Waals surface area contributed by atoms with Crippen molar-refractivity contribution in [3.63, 3.8) is 0 Å². The van der Waals surface area contributed by atoms with Gasteiger partial charge in [-0.05, 0) is 30.5 Å². The summed E-state index contributed by atoms with van der Waals surface area (Å²) in [5.74, 6) is -0.0641. The molecule has 0 unspecified atom stereocenters. The van der Waals surface area contributed by atoms with Crippen LogP contribution in [0.1, 0.15) is 30.1 Å². The van der Waals surface area contributed by atoms with Crippen molar-refractivity contribution in [3.05, 3.63) is 35.4 Å². The molecule has 0 heterocycles. The summed E-state index contributed by atoms with van der Waals surface area (Å²) in [5.41, 5.74) is -0.408. The van der Waals surface area contributed by atoms with Crippen LogP contribution in [0.2, 0.25) is 0 Å². The van der Waals surface area contributed by atoms with Crippen LogP contribution in [0.5, 0.6) is 0 Å². The Morgan fingerprint density at radius 1 is 1.32 bits per heavy atom. The predicted molar refractivity (Wildman–Crippen MR) is 62.1 cm³/mol. The molecule has 0 spiro atoms. The van der Waals surface area contributed by atoms with Crippen LogP contribution in [0.3, 0.4) is 0 Å². The summed E-state index contributed by atoms with van der Waals surface area (Å²) >= 11 is 0. The lowest BCUT2D eigenvalue weighted by atomic mass is 10.1. The van der Waals surface area contributed by atoms with Crippen LogP contribution in [-0.4, -0.2) is 17.6 Å². The average molecular weight is 273 g/mol. The van der Waals surface area contributed by atoms with E-state index in [9.17, 15) is 23.1 Å². The number of halogens is 3. The highest BCUT2D eigenvalue weighted by molar-refractivity contribution is 5.80. The Bertz CT molecular complexity index is 452. The van der Waals surface area contributed by atoms with Gasteiger partial charge in [0, 0.05) is 12.5 Å². The van der Waals surface area contributed by atoms with Crippen LogP contribution in [0.15, 0.2) is 24.3 Å². The highest BCUT2D eigenvalue weighted by Gasteiger charge is 2.31. The minimum Gasteiger partial charge on any atom is -0.387 e. The number of hydrogen-bond donors (Lipinski definition) is 2. The van der Waals surface area contributed by atoms with E-state index in [0.29, 0.717) is 5.56 Å². The standard InChI is InChI=1S/C13H14F3NO2/c14-13(15,16)10-5-3-8(4-6-10)11(18)7-17-12(19)9-1-2-9/h3-6,9,11,18H,1-2,7H2,(H,17,19)/t11-/m0/s1. The van der Waals surface area contributed by atoms with Crippen molar-refractivity contribution < 1.29 is 23.1 Å². The van der Waals surface area contributed by atoms with Crippen molar-refractivity contribution in [1.82, 2.24) is 5.32 Å². The number of aliphatic hydroxyl groups is 1. The van der Waals surface area contributed by atoms with Crippen molar-refractivity contribution in [2.45, 2.75) is 25.1 Å². The van der Waals surface area contributed by atoms with Gasteiger partial charge in [0.25, 0.3) is 0 Å². The first-order chi connectivity index (χ1) is 8.88. The lowest BCUT2D eigenvalue weighted by Gasteiger charge is -2.13. The molecule has 0 aliphatic heterocycles. The summed E-state index contributed by atoms with van der Waals surface area (Å²) in [4.78, 5) is 11.4. The van der Waals surface area contributed by atoms with Gasteiger partial charge in [-0.3, -0.25) is 4.79 Å². The number of carbonyl (C=O) groups is 1. The Morgan fingerprint density at radius 3 is 2.37 bits per heavy atom. The Labute approximate surface area is 108 Å². The van der Waals surface area contributed by atoms with Crippen molar-refractivity contribution in [2.24, 2.45) is 5.92 Å². The summed E-state index contributed by atoms with van der Waals surface area (Å²) < 4.78 is 37.1. The Morgan fingerprint density at radius 2 is 1.89 bits per heavy atom. The number of aliphatic hydroxyl groups excluding tert-OH is 1. The van der Waals surface area contributed by atoms with E-state index < -0.39 is 17.8 Å². The smallest absolute Gasteiger partial charge is 0.387 e. The Hall–Kier alpha value is -1.56. The molecule has 2 rings (SSSR count). The molecule has 1 amide bonds. The topological polar surface area (TPSA) is 49.3 Å². The fourth-order valence-electron chi connectivity index (χ4n) is 1.70. The summed E-state index contributed by atoms with van der Waals surface area (Å²) in [5, 5.41) is 12.3. The van der Waals surface area contributed by atoms with E-state index in [2.05, 4.69) is 5.32 Å². The molecule has 1 aromatic rings. The summed E-state index contributed by atoms with van der Waals surface area (Å²) in [6, 6.07) is 4.27. The molecule has 1 aliphatic rings. The molecule has 1 aliphatic carbocycles. The molecular weight excluding hydrogens is 259 g/mol. The number of hydrogen-bond acceptors (Lipinski definition) is 2. The fourth-order valence-corrected chi connectivity index (χ4v) is 1.70. The molecule has 1 atom stereocenters. The Kier molecular flexibility index (Phi) is 3.80. The van der Waals surface area contributed by atoms with Gasteiger partial charge in [0.05, 0.1) is 11.7 Å². The van der Waals surface area contributed by atoms with E-state index in [4.69, 9.17) is 0 Å². The minimum atomic E-state index is -4.39. The van der Waals surface area contributed by atoms with Gasteiger partial charge in [0.2, 0.25) is 5.91 Å². The van der Waals surface area contributed by atoms with Crippen LogP contribution in [0, 0.1) is 5.92 Å². The van der Waals surface area contributed by atoms with Gasteiger partial charge >= 0.3 is 6.18 Å². The molecule has 1 saturated carbocycles. The maximum absolute atomic E-state index is 12.4. The molecule has 2 N–H and O–H groups in total. The van der Waals surface area contributed by atoms with Gasteiger partial charge < -0.3 is 10.4 Å². The third-order valence-corrected chi connectivity index (χ3v) is 3.04. The highest BCUT2D eigenvalue weighted by atomic mass is 19.4. The van der Waals surface area contributed by atoms with Crippen molar-refractivity contribution in [1.29, 1.82) is 0 Å². The van der Waals surface area contributed by atoms with E-state index >= 15 is 0 Å². The van der Waals surface area contributed by atoms with Crippen molar-refractivity contribution >= 4 is 5.91 Å². The first-order valence-corrected chi connectivity index (χ1v) is 6.01. The molecule has 0 aromatic heterocycles. The largest absolute Gasteiger partial charge is 0.416 e. The maximum atomic E-state index is 12.4. The number of carbonyl (C=O) groups excluding carboxylic acids is 1. The minimum absolute atomic E-state index is 0.0146. The van der Waals surface area contributed by atoms with Gasteiger partial charge in [-0.1, -0.05) is 12.1 Å². The van der Waals surface area contributed by atoms with E-state index in [0.717, 1.165) is 25.0 Å². The van der Waals surface area contributed by atoms with Crippen molar-refractivity contribution in [3.8, 4) is 0 Å². The number of amides is 1. The quantitative estimate of drug-likeness (QED) is 0.884. The predicted octanol–water partition coefficient (Wildman–Crippen LogP) is 2.27. The molecule has 3 nitrogen and oxygen atoms in total. The monoisotopic (exact) mass is 273 g/mol. The van der Waals surface area contributed by atoms with E-state index in [1.54, 1.807) is 0 Å². The normalized spacial score (nSPS) is 17.1. The SMILES string of the molecule is O=C(NC[C@H](O)c1ccc(C(F)(F)F)cc1)C1CC1. The van der Waals surface area contributed by atoms with Crippen LogP contribution < -0.4 is 5.32 Å². The molecule has 104 valence electrons. The summed E-state index contributed by atoms with van der Waals surface area (Å²) in [6.45, 7) is 0.0146. The van der Waals surface area contributed by atoms with E-state index in [-0.39, 0.29) is 18.4 Å². The Balaban J connectivity index is 1.91. The van der Waals surface area contributed by atoms with E-state index in [1.807, 2.05) is 0 Å². The maximum Gasteiger partial charge on any atom is 0.416 e. The van der Waals surface area contributed by atoms with Gasteiger partial charge in [0.15, 0.2) is 0 Å². The molecule has 19 heavy (non-hydrogen) atoms.